The second-order valence-corrected chi connectivity index (χ2v) is 5.12. The van der Waals surface area contributed by atoms with Gasteiger partial charge < -0.3 is 4.74 Å². The van der Waals surface area contributed by atoms with Crippen molar-refractivity contribution in [3.05, 3.63) is 64.1 Å². The summed E-state index contributed by atoms with van der Waals surface area (Å²) in [5.41, 5.74) is 0.0773. The maximum atomic E-state index is 13.1. The van der Waals surface area contributed by atoms with Crippen LogP contribution in [0.3, 0.4) is 0 Å². The van der Waals surface area contributed by atoms with Crippen LogP contribution in [0.5, 0.6) is 5.75 Å². The number of hydrogen-bond donors (Lipinski definition) is 0. The molecule has 0 aliphatic rings. The third-order valence-corrected chi connectivity index (χ3v) is 3.23. The molecule has 0 spiro atoms. The summed E-state index contributed by atoms with van der Waals surface area (Å²) in [7, 11) is 0. The Balaban J connectivity index is 2.11. The van der Waals surface area contributed by atoms with Gasteiger partial charge >= 0.3 is 0 Å². The molecule has 0 amide bonds. The molecule has 20 heavy (non-hydrogen) atoms. The van der Waals surface area contributed by atoms with Crippen LogP contribution >= 0.6 is 15.9 Å². The van der Waals surface area contributed by atoms with E-state index in [9.17, 15) is 13.6 Å². The summed E-state index contributed by atoms with van der Waals surface area (Å²) in [6.45, 7) is 1.56. The maximum Gasteiger partial charge on any atom is 0.203 e. The van der Waals surface area contributed by atoms with E-state index < -0.39 is 23.5 Å². The summed E-state index contributed by atoms with van der Waals surface area (Å²) >= 11 is 3.29. The number of Topliss-reactive ketones (excluding diaryl/α,β-unsaturated/α-hetero) is 1. The first-order chi connectivity index (χ1) is 9.47. The number of carbonyl (C=O) groups is 1. The molecule has 104 valence electrons. The Kier molecular flexibility index (Phi) is 4.49. The molecule has 0 aliphatic carbocycles. The van der Waals surface area contributed by atoms with Gasteiger partial charge in [-0.2, -0.15) is 0 Å². The van der Waals surface area contributed by atoms with E-state index in [2.05, 4.69) is 15.9 Å². The lowest BCUT2D eigenvalue weighted by atomic mass is 10.1. The zero-order valence-electron chi connectivity index (χ0n) is 10.6. The molecule has 5 heteroatoms. The fraction of sp³-hybridized carbons (Fsp3) is 0.133. The molecule has 2 aromatic rings. The second-order valence-electron chi connectivity index (χ2n) is 4.21. The molecule has 0 aliphatic heterocycles. The molecule has 1 unspecified atom stereocenters. The van der Waals surface area contributed by atoms with Gasteiger partial charge in [0.15, 0.2) is 17.7 Å². The van der Waals surface area contributed by atoms with Crippen LogP contribution in [-0.2, 0) is 0 Å². The number of ketones is 1. The van der Waals surface area contributed by atoms with E-state index in [1.807, 2.05) is 0 Å². The standard InChI is InChI=1S/C15H11BrF2O2/c1-9(20-12-5-3-11(16)4-6-12)15(19)10-2-7-13(17)14(18)8-10/h2-9H,1H3. The summed E-state index contributed by atoms with van der Waals surface area (Å²) in [5, 5.41) is 0. The van der Waals surface area contributed by atoms with Crippen LogP contribution in [0.1, 0.15) is 17.3 Å². The average molecular weight is 341 g/mol. The van der Waals surface area contributed by atoms with Crippen molar-refractivity contribution in [2.45, 2.75) is 13.0 Å². The van der Waals surface area contributed by atoms with Crippen LogP contribution in [0, 0.1) is 11.6 Å². The quantitative estimate of drug-likeness (QED) is 0.772. The van der Waals surface area contributed by atoms with Gasteiger partial charge in [0, 0.05) is 10.0 Å². The van der Waals surface area contributed by atoms with Gasteiger partial charge in [0.2, 0.25) is 5.78 Å². The fourth-order valence-electron chi connectivity index (χ4n) is 1.65. The minimum atomic E-state index is -1.05. The van der Waals surface area contributed by atoms with Crippen LogP contribution in [0.4, 0.5) is 8.78 Å². The summed E-state index contributed by atoms with van der Waals surface area (Å²) < 4.78 is 32.3. The average Bonchev–Trinajstić information content (AvgIpc) is 2.43. The summed E-state index contributed by atoms with van der Waals surface area (Å²) in [5.74, 6) is -1.92. The largest absolute Gasteiger partial charge is 0.483 e. The minimum absolute atomic E-state index is 0.0773. The van der Waals surface area contributed by atoms with Gasteiger partial charge in [-0.05, 0) is 49.4 Å². The van der Waals surface area contributed by atoms with Crippen molar-refractivity contribution >= 4 is 21.7 Å². The molecule has 2 aromatic carbocycles. The van der Waals surface area contributed by atoms with Gasteiger partial charge in [-0.15, -0.1) is 0 Å². The first kappa shape index (κ1) is 14.7. The minimum Gasteiger partial charge on any atom is -0.483 e. The number of rotatable bonds is 4. The van der Waals surface area contributed by atoms with Crippen molar-refractivity contribution < 1.29 is 18.3 Å². The van der Waals surface area contributed by atoms with Crippen LogP contribution in [-0.4, -0.2) is 11.9 Å². The Morgan fingerprint density at radius 3 is 2.35 bits per heavy atom. The van der Waals surface area contributed by atoms with Crippen molar-refractivity contribution in [3.63, 3.8) is 0 Å². The summed E-state index contributed by atoms with van der Waals surface area (Å²) in [4.78, 5) is 12.1. The fourth-order valence-corrected chi connectivity index (χ4v) is 1.92. The van der Waals surface area contributed by atoms with E-state index in [4.69, 9.17) is 4.74 Å². The smallest absolute Gasteiger partial charge is 0.203 e. The van der Waals surface area contributed by atoms with Gasteiger partial charge in [-0.25, -0.2) is 8.78 Å². The molecule has 0 fully saturated rings. The summed E-state index contributed by atoms with van der Waals surface area (Å²) in [6, 6.07) is 10.0. The van der Waals surface area contributed by atoms with Crippen LogP contribution in [0.2, 0.25) is 0 Å². The van der Waals surface area contributed by atoms with Crippen molar-refractivity contribution in [1.29, 1.82) is 0 Å². The maximum absolute atomic E-state index is 13.1. The van der Waals surface area contributed by atoms with Crippen molar-refractivity contribution in [1.82, 2.24) is 0 Å². The van der Waals surface area contributed by atoms with E-state index in [-0.39, 0.29) is 5.56 Å². The zero-order chi connectivity index (χ0) is 14.7. The van der Waals surface area contributed by atoms with E-state index >= 15 is 0 Å². The van der Waals surface area contributed by atoms with Crippen molar-refractivity contribution in [2.75, 3.05) is 0 Å². The highest BCUT2D eigenvalue weighted by Gasteiger charge is 2.18. The van der Waals surface area contributed by atoms with Gasteiger partial charge in [0.1, 0.15) is 5.75 Å². The van der Waals surface area contributed by atoms with Gasteiger partial charge in [0.25, 0.3) is 0 Å². The SMILES string of the molecule is CC(Oc1ccc(Br)cc1)C(=O)c1ccc(F)c(F)c1. The van der Waals surface area contributed by atoms with Crippen LogP contribution in [0.25, 0.3) is 0 Å². The molecule has 0 heterocycles. The van der Waals surface area contributed by atoms with E-state index in [1.165, 1.54) is 6.07 Å². The first-order valence-corrected chi connectivity index (χ1v) is 6.68. The third-order valence-electron chi connectivity index (χ3n) is 2.70. The molecule has 0 bridgehead atoms. The Labute approximate surface area is 123 Å². The highest BCUT2D eigenvalue weighted by molar-refractivity contribution is 9.10. The van der Waals surface area contributed by atoms with Crippen LogP contribution < -0.4 is 4.74 Å². The van der Waals surface area contributed by atoms with E-state index in [0.29, 0.717) is 5.75 Å². The molecule has 1 atom stereocenters. The Morgan fingerprint density at radius 2 is 1.75 bits per heavy atom. The lowest BCUT2D eigenvalue weighted by molar-refractivity contribution is 0.0817. The third kappa shape index (κ3) is 3.42. The number of hydrogen-bond acceptors (Lipinski definition) is 2. The normalized spacial score (nSPS) is 12.0. The van der Waals surface area contributed by atoms with Gasteiger partial charge in [-0.1, -0.05) is 15.9 Å². The number of halogens is 3. The van der Waals surface area contributed by atoms with Gasteiger partial charge in [-0.3, -0.25) is 4.79 Å². The monoisotopic (exact) mass is 340 g/mol. The number of carbonyl (C=O) groups excluding carboxylic acids is 1. The highest BCUT2D eigenvalue weighted by atomic mass is 79.9. The van der Waals surface area contributed by atoms with E-state index in [0.717, 1.165) is 16.6 Å². The lowest BCUT2D eigenvalue weighted by Crippen LogP contribution is -2.24. The zero-order valence-corrected chi connectivity index (χ0v) is 12.2. The first-order valence-electron chi connectivity index (χ1n) is 5.89. The highest BCUT2D eigenvalue weighted by Crippen LogP contribution is 2.19. The van der Waals surface area contributed by atoms with Crippen molar-refractivity contribution in [3.8, 4) is 5.75 Å². The Morgan fingerprint density at radius 1 is 1.10 bits per heavy atom. The van der Waals surface area contributed by atoms with Crippen molar-refractivity contribution in [2.24, 2.45) is 0 Å². The molecule has 2 nitrogen and oxygen atoms in total. The molecule has 0 N–H and O–H groups in total. The van der Waals surface area contributed by atoms with Gasteiger partial charge in [0.05, 0.1) is 0 Å². The predicted molar refractivity (Wildman–Crippen MR) is 74.9 cm³/mol. The molecule has 0 saturated carbocycles. The summed E-state index contributed by atoms with van der Waals surface area (Å²) in [6.07, 6.45) is -0.791. The topological polar surface area (TPSA) is 26.3 Å². The predicted octanol–water partition coefficient (Wildman–Crippen LogP) is 4.38. The molecule has 0 saturated heterocycles. The molecule has 0 aromatic heterocycles. The lowest BCUT2D eigenvalue weighted by Gasteiger charge is -2.14. The molecular formula is C15H11BrF2O2. The molecule has 2 rings (SSSR count). The molecular weight excluding hydrogens is 330 g/mol. The van der Waals surface area contributed by atoms with E-state index in [1.54, 1.807) is 31.2 Å². The number of benzene rings is 2. The Hall–Kier alpha value is -1.75. The Bertz CT molecular complexity index is 626. The second kappa shape index (κ2) is 6.13. The molecule has 0 radical (unpaired) electrons. The number of ether oxygens (including phenoxy) is 1. The van der Waals surface area contributed by atoms with Crippen LogP contribution in [0.15, 0.2) is 46.9 Å².